The van der Waals surface area contributed by atoms with Crippen LogP contribution in [0.25, 0.3) is 0 Å². The molecule has 0 heterocycles. The zero-order valence-corrected chi connectivity index (χ0v) is 12.8. The number of hydrogen-bond acceptors (Lipinski definition) is 5. The van der Waals surface area contributed by atoms with Gasteiger partial charge in [0.2, 0.25) is 10.0 Å². The molecule has 0 saturated heterocycles. The monoisotopic (exact) mass is 318 g/mol. The van der Waals surface area contributed by atoms with Crippen molar-refractivity contribution in [3.63, 3.8) is 0 Å². The summed E-state index contributed by atoms with van der Waals surface area (Å²) in [5, 5.41) is 0. The van der Waals surface area contributed by atoms with Crippen molar-refractivity contribution in [1.29, 1.82) is 0 Å². The van der Waals surface area contributed by atoms with E-state index in [1.54, 1.807) is 0 Å². The number of rotatable bonds is 6. The van der Waals surface area contributed by atoms with Gasteiger partial charge in [0.05, 0.1) is 10.6 Å². The minimum absolute atomic E-state index is 0.0383. The van der Waals surface area contributed by atoms with Gasteiger partial charge in [-0.2, -0.15) is 0 Å². The van der Waals surface area contributed by atoms with Crippen LogP contribution >= 0.6 is 0 Å². The summed E-state index contributed by atoms with van der Waals surface area (Å²) in [6, 6.07) is 3.70. The summed E-state index contributed by atoms with van der Waals surface area (Å²) in [5.74, 6) is 0.609. The second-order valence-corrected chi connectivity index (χ2v) is 8.85. The fraction of sp³-hybridized carbons (Fsp3) is 0.500. The van der Waals surface area contributed by atoms with Gasteiger partial charge in [0.15, 0.2) is 9.84 Å². The Morgan fingerprint density at radius 3 is 2.45 bits per heavy atom. The highest BCUT2D eigenvalue weighted by molar-refractivity contribution is 7.91. The molecule has 0 radical (unpaired) electrons. The molecule has 0 unspecified atom stereocenters. The lowest BCUT2D eigenvalue weighted by atomic mass is 10.3. The normalized spacial score (nSPS) is 16.2. The Hall–Kier alpha value is -1.12. The molecule has 0 bridgehead atoms. The van der Waals surface area contributed by atoms with E-state index >= 15 is 0 Å². The van der Waals surface area contributed by atoms with E-state index < -0.39 is 19.9 Å². The molecular formula is C12H18N2O4S2. The van der Waals surface area contributed by atoms with Crippen LogP contribution in [0.1, 0.15) is 19.3 Å². The Morgan fingerprint density at radius 2 is 1.90 bits per heavy atom. The third-order valence-corrected chi connectivity index (χ3v) is 5.87. The molecule has 0 atom stereocenters. The first-order valence-electron chi connectivity index (χ1n) is 6.29. The summed E-state index contributed by atoms with van der Waals surface area (Å²) in [4.78, 5) is -0.245. The lowest BCUT2D eigenvalue weighted by Crippen LogP contribution is -2.26. The van der Waals surface area contributed by atoms with Gasteiger partial charge in [0.1, 0.15) is 4.90 Å². The van der Waals surface area contributed by atoms with Crippen molar-refractivity contribution < 1.29 is 16.8 Å². The molecule has 0 aliphatic heterocycles. The summed E-state index contributed by atoms with van der Waals surface area (Å²) in [5.41, 5.74) is 5.69. The Labute approximate surface area is 119 Å². The number of sulfone groups is 1. The van der Waals surface area contributed by atoms with E-state index in [0.717, 1.165) is 31.6 Å². The Bertz CT molecular complexity index is 707. The number of nitrogen functional groups attached to an aromatic ring is 1. The number of benzene rings is 1. The van der Waals surface area contributed by atoms with Crippen LogP contribution < -0.4 is 10.5 Å². The topological polar surface area (TPSA) is 106 Å². The molecule has 1 fully saturated rings. The van der Waals surface area contributed by atoms with Crippen molar-refractivity contribution in [3.05, 3.63) is 18.2 Å². The van der Waals surface area contributed by atoms with E-state index in [4.69, 9.17) is 5.73 Å². The average molecular weight is 318 g/mol. The standard InChI is InChI=1S/C12H18N2O4S2/c1-19(15,16)10-4-5-11(13)12(8-10)20(17,18)14-7-6-9-2-3-9/h4-5,8-9,14H,2-3,6-7,13H2,1H3. The van der Waals surface area contributed by atoms with Crippen molar-refractivity contribution in [3.8, 4) is 0 Å². The first-order valence-corrected chi connectivity index (χ1v) is 9.67. The van der Waals surface area contributed by atoms with Crippen LogP contribution in [-0.2, 0) is 19.9 Å². The quantitative estimate of drug-likeness (QED) is 0.753. The van der Waals surface area contributed by atoms with E-state index in [0.29, 0.717) is 12.5 Å². The van der Waals surface area contributed by atoms with Crippen LogP contribution in [0.5, 0.6) is 0 Å². The Balaban J connectivity index is 2.24. The van der Waals surface area contributed by atoms with Crippen molar-refractivity contribution in [1.82, 2.24) is 4.72 Å². The molecule has 112 valence electrons. The zero-order chi connectivity index (χ0) is 15.0. The van der Waals surface area contributed by atoms with Crippen LogP contribution in [0.3, 0.4) is 0 Å². The van der Waals surface area contributed by atoms with Crippen molar-refractivity contribution in [2.45, 2.75) is 29.1 Å². The van der Waals surface area contributed by atoms with Crippen molar-refractivity contribution in [2.75, 3.05) is 18.5 Å². The van der Waals surface area contributed by atoms with Gasteiger partial charge in [-0.1, -0.05) is 12.8 Å². The number of nitrogens with one attached hydrogen (secondary N) is 1. The van der Waals surface area contributed by atoms with E-state index in [1.165, 1.54) is 12.1 Å². The van der Waals surface area contributed by atoms with E-state index in [1.807, 2.05) is 0 Å². The predicted molar refractivity (Wildman–Crippen MR) is 76.5 cm³/mol. The molecular weight excluding hydrogens is 300 g/mol. The van der Waals surface area contributed by atoms with Crippen molar-refractivity contribution in [2.24, 2.45) is 5.92 Å². The molecule has 3 N–H and O–H groups in total. The lowest BCUT2D eigenvalue weighted by Gasteiger charge is -2.10. The summed E-state index contributed by atoms with van der Waals surface area (Å²) in [6.45, 7) is 0.343. The summed E-state index contributed by atoms with van der Waals surface area (Å²) in [7, 11) is -7.26. The van der Waals surface area contributed by atoms with Crippen LogP contribution in [-0.4, -0.2) is 29.6 Å². The van der Waals surface area contributed by atoms with E-state index in [2.05, 4.69) is 4.72 Å². The van der Waals surface area contributed by atoms with Crippen LogP contribution in [0, 0.1) is 5.92 Å². The summed E-state index contributed by atoms with van der Waals surface area (Å²) in [6.07, 6.45) is 4.11. The molecule has 1 saturated carbocycles. The molecule has 6 nitrogen and oxygen atoms in total. The number of nitrogens with two attached hydrogens (primary N) is 1. The van der Waals surface area contributed by atoms with Crippen LogP contribution in [0.15, 0.2) is 28.0 Å². The van der Waals surface area contributed by atoms with Crippen LogP contribution in [0.4, 0.5) is 5.69 Å². The largest absolute Gasteiger partial charge is 0.398 e. The summed E-state index contributed by atoms with van der Waals surface area (Å²) >= 11 is 0. The van der Waals surface area contributed by atoms with Gasteiger partial charge < -0.3 is 5.73 Å². The van der Waals surface area contributed by atoms with Gasteiger partial charge in [-0.25, -0.2) is 21.6 Å². The highest BCUT2D eigenvalue weighted by Gasteiger charge is 2.23. The van der Waals surface area contributed by atoms with Gasteiger partial charge in [0, 0.05) is 12.8 Å². The molecule has 2 rings (SSSR count). The molecule has 0 aromatic heterocycles. The third kappa shape index (κ3) is 3.71. The lowest BCUT2D eigenvalue weighted by molar-refractivity contribution is 0.575. The van der Waals surface area contributed by atoms with Gasteiger partial charge >= 0.3 is 0 Å². The fourth-order valence-corrected chi connectivity index (χ4v) is 3.78. The molecule has 0 spiro atoms. The van der Waals surface area contributed by atoms with Gasteiger partial charge in [0.25, 0.3) is 0 Å². The molecule has 1 aliphatic carbocycles. The predicted octanol–water partition coefficient (Wildman–Crippen LogP) is 0.751. The maximum absolute atomic E-state index is 12.1. The highest BCUT2D eigenvalue weighted by atomic mass is 32.2. The van der Waals surface area contributed by atoms with Crippen LogP contribution in [0.2, 0.25) is 0 Å². The smallest absolute Gasteiger partial charge is 0.242 e. The second kappa shape index (κ2) is 5.34. The Kier molecular flexibility index (Phi) is 4.08. The first kappa shape index (κ1) is 15.3. The van der Waals surface area contributed by atoms with E-state index in [-0.39, 0.29) is 15.5 Å². The second-order valence-electron chi connectivity index (χ2n) is 5.10. The number of sulfonamides is 1. The third-order valence-electron chi connectivity index (χ3n) is 3.24. The minimum atomic E-state index is -3.78. The zero-order valence-electron chi connectivity index (χ0n) is 11.2. The fourth-order valence-electron chi connectivity index (χ4n) is 1.86. The molecule has 8 heteroatoms. The maximum Gasteiger partial charge on any atom is 0.242 e. The number of anilines is 1. The molecule has 1 aromatic carbocycles. The van der Waals surface area contributed by atoms with Crippen molar-refractivity contribution >= 4 is 25.5 Å². The molecule has 0 amide bonds. The van der Waals surface area contributed by atoms with Gasteiger partial charge in [-0.15, -0.1) is 0 Å². The highest BCUT2D eigenvalue weighted by Crippen LogP contribution is 2.32. The first-order chi connectivity index (χ1) is 9.20. The SMILES string of the molecule is CS(=O)(=O)c1ccc(N)c(S(=O)(=O)NCCC2CC2)c1. The maximum atomic E-state index is 12.1. The summed E-state index contributed by atoms with van der Waals surface area (Å²) < 4.78 is 49.7. The van der Waals surface area contributed by atoms with E-state index in [9.17, 15) is 16.8 Å². The van der Waals surface area contributed by atoms with Gasteiger partial charge in [-0.3, -0.25) is 0 Å². The minimum Gasteiger partial charge on any atom is -0.398 e. The number of hydrogen-bond donors (Lipinski definition) is 2. The van der Waals surface area contributed by atoms with Gasteiger partial charge in [-0.05, 0) is 30.5 Å². The molecule has 1 aliphatic rings. The Morgan fingerprint density at radius 1 is 1.25 bits per heavy atom. The average Bonchev–Trinajstić information content (AvgIpc) is 3.11. The molecule has 1 aromatic rings. The molecule has 20 heavy (non-hydrogen) atoms.